The van der Waals surface area contributed by atoms with Crippen molar-refractivity contribution in [1.82, 2.24) is 15.0 Å². The average Bonchev–Trinajstić information content (AvgIpc) is 3.32. The number of carbonyl (C=O) groups is 1. The van der Waals surface area contributed by atoms with Crippen LogP contribution in [0.25, 0.3) is 22.3 Å². The van der Waals surface area contributed by atoms with Crippen LogP contribution in [0.5, 0.6) is 11.5 Å². The van der Waals surface area contributed by atoms with E-state index in [1.165, 1.54) is 12.4 Å². The van der Waals surface area contributed by atoms with Crippen LogP contribution >= 0.6 is 0 Å². The predicted molar refractivity (Wildman–Crippen MR) is 134 cm³/mol. The van der Waals surface area contributed by atoms with Crippen molar-refractivity contribution in [2.75, 3.05) is 10.6 Å². The van der Waals surface area contributed by atoms with E-state index < -0.39 is 0 Å². The molecule has 0 aliphatic carbocycles. The lowest BCUT2D eigenvalue weighted by molar-refractivity contribution is -0.111. The highest BCUT2D eigenvalue weighted by Gasteiger charge is 2.10. The summed E-state index contributed by atoms with van der Waals surface area (Å²) < 4.78 is 5.88. The van der Waals surface area contributed by atoms with E-state index in [0.717, 1.165) is 39.5 Å². The fraction of sp³-hybridized carbons (Fsp3) is 0. The molecule has 0 aliphatic rings. The van der Waals surface area contributed by atoms with Crippen molar-refractivity contribution in [3.8, 4) is 22.8 Å². The Morgan fingerprint density at radius 3 is 2.32 bits per heavy atom. The number of nitrogens with zero attached hydrogens (tertiary/aromatic N) is 2. The van der Waals surface area contributed by atoms with Gasteiger partial charge in [0.15, 0.2) is 0 Å². The third-order valence-corrected chi connectivity index (χ3v) is 5.17. The highest BCUT2D eigenvalue weighted by atomic mass is 16.5. The van der Waals surface area contributed by atoms with Crippen LogP contribution in [-0.2, 0) is 4.79 Å². The summed E-state index contributed by atoms with van der Waals surface area (Å²) in [6.07, 6.45) is 2.75. The quantitative estimate of drug-likeness (QED) is 0.255. The topological polar surface area (TPSA) is 91.9 Å². The van der Waals surface area contributed by atoms with Crippen LogP contribution in [0, 0.1) is 0 Å². The molecule has 0 unspecified atom stereocenters. The Bertz CT molecular complexity index is 1440. The molecule has 0 saturated carbocycles. The van der Waals surface area contributed by atoms with Crippen LogP contribution in [0.3, 0.4) is 0 Å². The maximum Gasteiger partial charge on any atom is 0.247 e. The van der Waals surface area contributed by atoms with Gasteiger partial charge in [-0.25, -0.2) is 9.97 Å². The van der Waals surface area contributed by atoms with E-state index in [1.54, 1.807) is 0 Å². The Morgan fingerprint density at radius 2 is 1.59 bits per heavy atom. The summed E-state index contributed by atoms with van der Waals surface area (Å²) in [7, 11) is 0. The molecule has 0 fully saturated rings. The molecule has 0 aliphatic heterocycles. The fourth-order valence-corrected chi connectivity index (χ4v) is 3.49. The van der Waals surface area contributed by atoms with Crippen LogP contribution in [0.4, 0.5) is 17.2 Å². The van der Waals surface area contributed by atoms with Gasteiger partial charge in [0, 0.05) is 17.1 Å². The lowest BCUT2D eigenvalue weighted by Crippen LogP contribution is -2.07. The molecule has 7 nitrogen and oxygen atoms in total. The summed E-state index contributed by atoms with van der Waals surface area (Å²) in [5.74, 6) is 1.99. The minimum Gasteiger partial charge on any atom is -0.457 e. The average molecular weight is 447 g/mol. The van der Waals surface area contributed by atoms with Crippen molar-refractivity contribution in [3.63, 3.8) is 0 Å². The van der Waals surface area contributed by atoms with Crippen LogP contribution in [0.1, 0.15) is 0 Å². The number of ether oxygens (including phenoxy) is 1. The number of para-hydroxylation sites is 1. The van der Waals surface area contributed by atoms with Crippen molar-refractivity contribution in [1.29, 1.82) is 0 Å². The molecule has 0 atom stereocenters. The van der Waals surface area contributed by atoms with E-state index in [9.17, 15) is 4.79 Å². The number of hydrogen-bond donors (Lipinski definition) is 3. The Hall–Kier alpha value is -4.91. The molecule has 7 heteroatoms. The van der Waals surface area contributed by atoms with E-state index in [1.807, 2.05) is 84.9 Å². The number of fused-ring (bicyclic) bond motifs is 1. The molecular formula is C27H21N5O2. The maximum absolute atomic E-state index is 11.5. The molecule has 2 aromatic heterocycles. The number of rotatable bonds is 7. The first-order chi connectivity index (χ1) is 16.7. The molecule has 0 radical (unpaired) electrons. The first kappa shape index (κ1) is 21.0. The first-order valence-corrected chi connectivity index (χ1v) is 10.7. The van der Waals surface area contributed by atoms with Gasteiger partial charge >= 0.3 is 0 Å². The Kier molecular flexibility index (Phi) is 5.73. The molecule has 5 rings (SSSR count). The molecular weight excluding hydrogens is 426 g/mol. The zero-order chi connectivity index (χ0) is 23.3. The van der Waals surface area contributed by atoms with Gasteiger partial charge in [0.05, 0.1) is 5.39 Å². The molecule has 3 N–H and O–H groups in total. The number of aromatic nitrogens is 3. The van der Waals surface area contributed by atoms with Crippen LogP contribution < -0.4 is 15.4 Å². The summed E-state index contributed by atoms with van der Waals surface area (Å²) in [5, 5.41) is 6.91. The second-order valence-corrected chi connectivity index (χ2v) is 7.50. The van der Waals surface area contributed by atoms with Gasteiger partial charge in [-0.2, -0.15) is 0 Å². The molecule has 2 heterocycles. The van der Waals surface area contributed by atoms with Crippen molar-refractivity contribution >= 4 is 34.1 Å². The second kappa shape index (κ2) is 9.30. The van der Waals surface area contributed by atoms with Crippen molar-refractivity contribution in [3.05, 3.63) is 104 Å². The third-order valence-electron chi connectivity index (χ3n) is 5.17. The summed E-state index contributed by atoms with van der Waals surface area (Å²) in [4.78, 5) is 23.6. The smallest absolute Gasteiger partial charge is 0.247 e. The van der Waals surface area contributed by atoms with Crippen LogP contribution in [-0.4, -0.2) is 20.9 Å². The van der Waals surface area contributed by atoms with Crippen LogP contribution in [0.2, 0.25) is 0 Å². The van der Waals surface area contributed by atoms with Gasteiger partial charge in [-0.3, -0.25) is 4.79 Å². The van der Waals surface area contributed by atoms with Gasteiger partial charge < -0.3 is 20.4 Å². The van der Waals surface area contributed by atoms with Crippen molar-refractivity contribution in [2.24, 2.45) is 0 Å². The molecule has 0 spiro atoms. The zero-order valence-corrected chi connectivity index (χ0v) is 18.2. The molecule has 0 bridgehead atoms. The van der Waals surface area contributed by atoms with E-state index in [0.29, 0.717) is 11.5 Å². The standard InChI is InChI=1S/C27H21N5O2/c1-2-25(33)30-19-10-12-20(13-11-19)31-26-23-16-24(32-27(23)29-17-28-26)18-8-14-22(15-9-18)34-21-6-4-3-5-7-21/h2-17H,1H2,(H,30,33)(H2,28,29,31,32). The van der Waals surface area contributed by atoms with Gasteiger partial charge in [0.2, 0.25) is 5.91 Å². The summed E-state index contributed by atoms with van der Waals surface area (Å²) >= 11 is 0. The summed E-state index contributed by atoms with van der Waals surface area (Å²) in [6, 6.07) is 26.9. The van der Waals surface area contributed by atoms with Gasteiger partial charge in [-0.15, -0.1) is 0 Å². The zero-order valence-electron chi connectivity index (χ0n) is 18.2. The third kappa shape index (κ3) is 4.63. The summed E-state index contributed by atoms with van der Waals surface area (Å²) in [5.41, 5.74) is 4.18. The number of anilines is 3. The van der Waals surface area contributed by atoms with Crippen molar-refractivity contribution < 1.29 is 9.53 Å². The molecule has 34 heavy (non-hydrogen) atoms. The Morgan fingerprint density at radius 1 is 0.882 bits per heavy atom. The number of benzene rings is 3. The lowest BCUT2D eigenvalue weighted by atomic mass is 10.1. The summed E-state index contributed by atoms with van der Waals surface area (Å²) in [6.45, 7) is 3.46. The number of H-pyrrole nitrogens is 1. The second-order valence-electron chi connectivity index (χ2n) is 7.50. The lowest BCUT2D eigenvalue weighted by Gasteiger charge is -2.08. The molecule has 0 saturated heterocycles. The first-order valence-electron chi connectivity index (χ1n) is 10.7. The Labute approximate surface area is 196 Å². The van der Waals surface area contributed by atoms with Crippen LogP contribution in [0.15, 0.2) is 104 Å². The molecule has 5 aromatic rings. The van der Waals surface area contributed by atoms with Gasteiger partial charge in [-0.1, -0.05) is 24.8 Å². The monoisotopic (exact) mass is 447 g/mol. The minimum atomic E-state index is -0.252. The molecule has 166 valence electrons. The van der Waals surface area contributed by atoms with E-state index in [2.05, 4.69) is 32.2 Å². The highest BCUT2D eigenvalue weighted by Crippen LogP contribution is 2.30. The molecule has 1 amide bonds. The fourth-order valence-electron chi connectivity index (χ4n) is 3.49. The number of amides is 1. The number of nitrogens with one attached hydrogen (secondary N) is 3. The SMILES string of the molecule is C=CC(=O)Nc1ccc(Nc2ncnc3[nH]c(-c4ccc(Oc5ccccc5)cc4)cc23)cc1. The largest absolute Gasteiger partial charge is 0.457 e. The maximum atomic E-state index is 11.5. The predicted octanol–water partition coefficient (Wildman–Crippen LogP) is 6.29. The Balaban J connectivity index is 1.35. The van der Waals surface area contributed by atoms with Crippen molar-refractivity contribution in [2.45, 2.75) is 0 Å². The number of carbonyl (C=O) groups excluding carboxylic acids is 1. The highest BCUT2D eigenvalue weighted by molar-refractivity contribution is 5.99. The van der Waals surface area contributed by atoms with Gasteiger partial charge in [0.1, 0.15) is 29.3 Å². The van der Waals surface area contributed by atoms with E-state index >= 15 is 0 Å². The van der Waals surface area contributed by atoms with E-state index in [4.69, 9.17) is 4.74 Å². The number of hydrogen-bond acceptors (Lipinski definition) is 5. The van der Waals surface area contributed by atoms with Gasteiger partial charge in [0.25, 0.3) is 0 Å². The normalized spacial score (nSPS) is 10.6. The number of aromatic amines is 1. The van der Waals surface area contributed by atoms with E-state index in [-0.39, 0.29) is 5.91 Å². The minimum absolute atomic E-state index is 0.252. The van der Waals surface area contributed by atoms with Gasteiger partial charge in [-0.05, 0) is 78.4 Å². The molecule has 3 aromatic carbocycles.